The molecule has 2 atom stereocenters. The fraction of sp³-hybridized carbons (Fsp3) is 0.667. The van der Waals surface area contributed by atoms with Crippen molar-refractivity contribution >= 4 is 17.9 Å². The molecule has 0 spiro atoms. The fourth-order valence-electron chi connectivity index (χ4n) is 1.24. The van der Waals surface area contributed by atoms with Crippen LogP contribution in [0.15, 0.2) is 0 Å². The van der Waals surface area contributed by atoms with Crippen molar-refractivity contribution in [1.82, 2.24) is 10.6 Å². The summed E-state index contributed by atoms with van der Waals surface area (Å²) < 4.78 is 19.2. The van der Waals surface area contributed by atoms with Gasteiger partial charge in [0.1, 0.15) is 0 Å². The number of carbonyl (C=O) groups excluding carboxylic acids is 2. The Morgan fingerprint density at radius 1 is 1.47 bits per heavy atom. The third kappa shape index (κ3) is 2.52. The van der Waals surface area contributed by atoms with Gasteiger partial charge in [-0.3, -0.25) is 10.1 Å². The standard InChI is InChI=1S/C9H13FN2O5/c1-8(2,3)17-5-9(10,6(14)15)4(13)11-7(16)12-5/h5H,1-3H3,(H,14,15)(H2,11,12,13,16). The molecule has 17 heavy (non-hydrogen) atoms. The summed E-state index contributed by atoms with van der Waals surface area (Å²) in [6, 6.07) is -1.00. The van der Waals surface area contributed by atoms with Gasteiger partial charge >= 0.3 is 17.7 Å². The highest BCUT2D eigenvalue weighted by Gasteiger charge is 2.59. The molecule has 0 bridgehead atoms. The van der Waals surface area contributed by atoms with E-state index in [1.54, 1.807) is 5.32 Å². The minimum Gasteiger partial charge on any atom is -0.478 e. The number of carboxylic acid groups (broad SMARTS) is 1. The molecule has 1 aliphatic rings. The van der Waals surface area contributed by atoms with Gasteiger partial charge in [-0.1, -0.05) is 0 Å². The number of carbonyl (C=O) groups is 3. The van der Waals surface area contributed by atoms with Crippen LogP contribution in [-0.4, -0.2) is 40.5 Å². The molecule has 0 saturated carbocycles. The number of nitrogens with one attached hydrogen (secondary N) is 2. The molecular formula is C9H13FN2O5. The van der Waals surface area contributed by atoms with Gasteiger partial charge in [-0.15, -0.1) is 0 Å². The van der Waals surface area contributed by atoms with Crippen LogP contribution in [0.25, 0.3) is 0 Å². The summed E-state index contributed by atoms with van der Waals surface area (Å²) >= 11 is 0. The minimum atomic E-state index is -3.35. The van der Waals surface area contributed by atoms with Crippen LogP contribution in [0.4, 0.5) is 9.18 Å². The number of carboxylic acids is 1. The molecule has 3 N–H and O–H groups in total. The average Bonchev–Trinajstić information content (AvgIpc) is 2.10. The van der Waals surface area contributed by atoms with Crippen molar-refractivity contribution in [2.75, 3.05) is 0 Å². The highest BCUT2D eigenvalue weighted by atomic mass is 19.1. The Bertz CT molecular complexity index is 378. The average molecular weight is 248 g/mol. The van der Waals surface area contributed by atoms with Crippen LogP contribution in [0.3, 0.4) is 0 Å². The smallest absolute Gasteiger partial charge is 0.356 e. The molecular weight excluding hydrogens is 235 g/mol. The Hall–Kier alpha value is -1.70. The van der Waals surface area contributed by atoms with Gasteiger partial charge in [0.2, 0.25) is 0 Å². The normalized spacial score (nSPS) is 29.5. The molecule has 1 heterocycles. The lowest BCUT2D eigenvalue weighted by Crippen LogP contribution is -2.71. The first-order chi connectivity index (χ1) is 7.57. The second-order valence-corrected chi connectivity index (χ2v) is 4.55. The number of alkyl halides is 1. The monoisotopic (exact) mass is 248 g/mol. The van der Waals surface area contributed by atoms with Gasteiger partial charge < -0.3 is 15.2 Å². The van der Waals surface area contributed by atoms with Gasteiger partial charge in [-0.2, -0.15) is 0 Å². The fourth-order valence-corrected chi connectivity index (χ4v) is 1.24. The molecule has 1 fully saturated rings. The first-order valence-electron chi connectivity index (χ1n) is 4.79. The topological polar surface area (TPSA) is 105 Å². The van der Waals surface area contributed by atoms with Crippen LogP contribution >= 0.6 is 0 Å². The van der Waals surface area contributed by atoms with Crippen molar-refractivity contribution in [2.45, 2.75) is 38.3 Å². The Kier molecular flexibility index (Phi) is 3.11. The Morgan fingerprint density at radius 3 is 2.41 bits per heavy atom. The molecule has 3 amide bonds. The van der Waals surface area contributed by atoms with Crippen molar-refractivity contribution in [1.29, 1.82) is 0 Å². The Balaban J connectivity index is 3.08. The maximum Gasteiger partial charge on any atom is 0.356 e. The molecule has 0 aromatic carbocycles. The van der Waals surface area contributed by atoms with Crippen molar-refractivity contribution in [3.8, 4) is 0 Å². The van der Waals surface area contributed by atoms with E-state index in [0.717, 1.165) is 0 Å². The maximum absolute atomic E-state index is 14.1. The number of ether oxygens (including phenoxy) is 1. The van der Waals surface area contributed by atoms with Crippen molar-refractivity contribution in [3.05, 3.63) is 0 Å². The number of amides is 3. The van der Waals surface area contributed by atoms with E-state index in [4.69, 9.17) is 9.84 Å². The quantitative estimate of drug-likeness (QED) is 0.585. The molecule has 2 unspecified atom stereocenters. The molecule has 1 saturated heterocycles. The maximum atomic E-state index is 14.1. The number of imide groups is 1. The molecule has 0 radical (unpaired) electrons. The molecule has 1 rings (SSSR count). The van der Waals surface area contributed by atoms with E-state index in [0.29, 0.717) is 0 Å². The number of hydrogen-bond donors (Lipinski definition) is 3. The lowest BCUT2D eigenvalue weighted by Gasteiger charge is -2.37. The molecule has 7 nitrogen and oxygen atoms in total. The van der Waals surface area contributed by atoms with Crippen molar-refractivity contribution in [3.63, 3.8) is 0 Å². The number of aliphatic carboxylic acids is 1. The second-order valence-electron chi connectivity index (χ2n) is 4.55. The first-order valence-corrected chi connectivity index (χ1v) is 4.79. The highest BCUT2D eigenvalue weighted by molar-refractivity contribution is 6.13. The third-order valence-electron chi connectivity index (χ3n) is 1.96. The molecule has 96 valence electrons. The van der Waals surface area contributed by atoms with Crippen LogP contribution in [0.5, 0.6) is 0 Å². The predicted octanol–water partition coefficient (Wildman–Crippen LogP) is -0.240. The molecule has 0 aliphatic carbocycles. The van der Waals surface area contributed by atoms with Crippen LogP contribution in [0.1, 0.15) is 20.8 Å². The molecule has 8 heteroatoms. The first kappa shape index (κ1) is 13.4. The van der Waals surface area contributed by atoms with Gasteiger partial charge in [0, 0.05) is 0 Å². The predicted molar refractivity (Wildman–Crippen MR) is 52.8 cm³/mol. The summed E-state index contributed by atoms with van der Waals surface area (Å²) in [6.07, 6.45) is -1.87. The zero-order valence-electron chi connectivity index (χ0n) is 9.54. The van der Waals surface area contributed by atoms with E-state index < -0.39 is 35.4 Å². The van der Waals surface area contributed by atoms with Crippen LogP contribution in [0.2, 0.25) is 0 Å². The molecule has 0 aromatic rings. The number of halogens is 1. The molecule has 1 aliphatic heterocycles. The lowest BCUT2D eigenvalue weighted by atomic mass is 10.0. The number of urea groups is 1. The largest absolute Gasteiger partial charge is 0.478 e. The summed E-state index contributed by atoms with van der Waals surface area (Å²) in [5, 5.41) is 12.2. The van der Waals surface area contributed by atoms with Gasteiger partial charge in [-0.25, -0.2) is 14.0 Å². The lowest BCUT2D eigenvalue weighted by molar-refractivity contribution is -0.185. The van der Waals surface area contributed by atoms with Gasteiger partial charge in [-0.05, 0) is 20.8 Å². The minimum absolute atomic E-state index is 0.928. The van der Waals surface area contributed by atoms with Gasteiger partial charge in [0.15, 0.2) is 6.23 Å². The zero-order valence-corrected chi connectivity index (χ0v) is 9.54. The third-order valence-corrected chi connectivity index (χ3v) is 1.96. The van der Waals surface area contributed by atoms with E-state index >= 15 is 0 Å². The van der Waals surface area contributed by atoms with Gasteiger partial charge in [0.25, 0.3) is 5.91 Å². The highest BCUT2D eigenvalue weighted by Crippen LogP contribution is 2.25. The number of rotatable bonds is 2. The second kappa shape index (κ2) is 3.95. The van der Waals surface area contributed by atoms with Crippen LogP contribution < -0.4 is 10.6 Å². The van der Waals surface area contributed by atoms with E-state index in [2.05, 4.69) is 0 Å². The van der Waals surface area contributed by atoms with Crippen molar-refractivity contribution in [2.24, 2.45) is 0 Å². The van der Waals surface area contributed by atoms with E-state index in [1.807, 2.05) is 5.32 Å². The van der Waals surface area contributed by atoms with Crippen molar-refractivity contribution < 1.29 is 28.6 Å². The van der Waals surface area contributed by atoms with Crippen LogP contribution in [-0.2, 0) is 14.3 Å². The van der Waals surface area contributed by atoms with E-state index in [-0.39, 0.29) is 0 Å². The van der Waals surface area contributed by atoms with Crippen LogP contribution in [0, 0.1) is 0 Å². The van der Waals surface area contributed by atoms with E-state index in [1.165, 1.54) is 20.8 Å². The van der Waals surface area contributed by atoms with E-state index in [9.17, 15) is 18.8 Å². The summed E-state index contributed by atoms with van der Waals surface area (Å²) in [6.45, 7) is 4.61. The van der Waals surface area contributed by atoms with Gasteiger partial charge in [0.05, 0.1) is 5.60 Å². The Morgan fingerprint density at radius 2 is 2.00 bits per heavy atom. The molecule has 0 aromatic heterocycles. The summed E-state index contributed by atoms with van der Waals surface area (Å²) in [5.41, 5.74) is -4.27. The Labute approximate surface area is 96.3 Å². The summed E-state index contributed by atoms with van der Waals surface area (Å²) in [7, 11) is 0. The summed E-state index contributed by atoms with van der Waals surface area (Å²) in [5.74, 6) is -3.58. The SMILES string of the molecule is CC(C)(C)OC1NC(=O)NC(=O)C1(F)C(=O)O. The zero-order chi connectivity index (χ0) is 13.4. The summed E-state index contributed by atoms with van der Waals surface area (Å²) in [4.78, 5) is 33.1. The number of hydrogen-bond acceptors (Lipinski definition) is 4.